The summed E-state index contributed by atoms with van der Waals surface area (Å²) < 4.78 is 5.99. The highest BCUT2D eigenvalue weighted by atomic mass is 16.5. The largest absolute Gasteiger partial charge is 0.473 e. The van der Waals surface area contributed by atoms with E-state index in [0.717, 1.165) is 11.1 Å². The molecule has 3 aromatic rings. The quantitative estimate of drug-likeness (QED) is 0.487. The average molecular weight is 301 g/mol. The van der Waals surface area contributed by atoms with Gasteiger partial charge in [0.05, 0.1) is 6.54 Å². The van der Waals surface area contributed by atoms with Gasteiger partial charge in [0.1, 0.15) is 6.61 Å². The Kier molecular flexibility index (Phi) is 5.20. The van der Waals surface area contributed by atoms with Crippen molar-refractivity contribution < 1.29 is 4.74 Å². The smallest absolute Gasteiger partial charge is 0.216 e. The zero-order valence-electron chi connectivity index (χ0n) is 12.9. The molecule has 3 rings (SSSR count). The number of ether oxygens (including phenoxy) is 1. The molecule has 0 aliphatic heterocycles. The number of rotatable bonds is 5. The van der Waals surface area contributed by atoms with Crippen LogP contribution < -0.4 is 0 Å². The van der Waals surface area contributed by atoms with E-state index in [0.29, 0.717) is 19.0 Å². The predicted molar refractivity (Wildman–Crippen MR) is 94.4 cm³/mol. The normalized spacial score (nSPS) is 11.2. The number of nitrogens with zero attached hydrogens (tertiary/aromatic N) is 1. The van der Waals surface area contributed by atoms with Gasteiger partial charge in [0.25, 0.3) is 0 Å². The zero-order valence-corrected chi connectivity index (χ0v) is 12.9. The Bertz CT molecular complexity index is 737. The van der Waals surface area contributed by atoms with Crippen molar-refractivity contribution >= 4 is 5.90 Å². The summed E-state index contributed by atoms with van der Waals surface area (Å²) in [5.74, 6) is 0.679. The minimum atomic E-state index is 0.517. The average Bonchev–Trinajstić information content (AvgIpc) is 2.64. The second kappa shape index (κ2) is 7.95. The van der Waals surface area contributed by atoms with Gasteiger partial charge in [0.2, 0.25) is 5.90 Å². The molecule has 0 fully saturated rings. The third kappa shape index (κ3) is 4.55. The van der Waals surface area contributed by atoms with Crippen LogP contribution in [0.4, 0.5) is 0 Å². The standard InChI is InChI=1S/C21H19NO/c1-4-10-18(11-5-1)16-22-21(20-14-8-3-9-15-20)23-17-19-12-6-2-7-13-19/h1-15H,16-17H2. The lowest BCUT2D eigenvalue weighted by Crippen LogP contribution is -2.07. The summed E-state index contributed by atoms with van der Waals surface area (Å²) >= 11 is 0. The molecule has 0 amide bonds. The Hall–Kier alpha value is -2.87. The fourth-order valence-corrected chi connectivity index (χ4v) is 2.27. The summed E-state index contributed by atoms with van der Waals surface area (Å²) in [6, 6.07) is 30.4. The van der Waals surface area contributed by atoms with Crippen LogP contribution in [0.3, 0.4) is 0 Å². The Morgan fingerprint density at radius 1 is 0.652 bits per heavy atom. The first-order valence-corrected chi connectivity index (χ1v) is 7.72. The van der Waals surface area contributed by atoms with Gasteiger partial charge in [-0.2, -0.15) is 0 Å². The van der Waals surface area contributed by atoms with Crippen molar-refractivity contribution in [2.75, 3.05) is 0 Å². The highest BCUT2D eigenvalue weighted by Gasteiger charge is 2.05. The lowest BCUT2D eigenvalue weighted by Gasteiger charge is -2.10. The van der Waals surface area contributed by atoms with Crippen LogP contribution in [0.25, 0.3) is 0 Å². The summed E-state index contributed by atoms with van der Waals surface area (Å²) in [4.78, 5) is 4.67. The Balaban J connectivity index is 1.76. The number of hydrogen-bond acceptors (Lipinski definition) is 2. The molecular weight excluding hydrogens is 282 g/mol. The number of aliphatic imine (C=N–C) groups is 1. The van der Waals surface area contributed by atoms with Crippen molar-refractivity contribution in [2.24, 2.45) is 4.99 Å². The van der Waals surface area contributed by atoms with Crippen LogP contribution in [0.15, 0.2) is 96.0 Å². The van der Waals surface area contributed by atoms with Crippen molar-refractivity contribution in [1.82, 2.24) is 0 Å². The van der Waals surface area contributed by atoms with Gasteiger partial charge in [0, 0.05) is 5.56 Å². The van der Waals surface area contributed by atoms with Crippen LogP contribution >= 0.6 is 0 Å². The van der Waals surface area contributed by atoms with Gasteiger partial charge < -0.3 is 4.74 Å². The maximum atomic E-state index is 5.99. The first-order chi connectivity index (χ1) is 11.4. The van der Waals surface area contributed by atoms with E-state index in [2.05, 4.69) is 29.3 Å². The molecule has 0 saturated heterocycles. The first kappa shape index (κ1) is 15.0. The maximum Gasteiger partial charge on any atom is 0.216 e. The van der Waals surface area contributed by atoms with Gasteiger partial charge in [-0.05, 0) is 23.3 Å². The molecule has 0 atom stereocenters. The molecule has 0 bridgehead atoms. The minimum absolute atomic E-state index is 0.517. The SMILES string of the molecule is c1ccc(CN=C(OCc2ccccc2)c2ccccc2)cc1. The molecule has 0 unspecified atom stereocenters. The molecule has 0 heterocycles. The van der Waals surface area contributed by atoms with Crippen LogP contribution in [0.5, 0.6) is 0 Å². The first-order valence-electron chi connectivity index (χ1n) is 7.72. The van der Waals surface area contributed by atoms with E-state index in [-0.39, 0.29) is 0 Å². The van der Waals surface area contributed by atoms with Crippen LogP contribution in [0.1, 0.15) is 16.7 Å². The summed E-state index contributed by atoms with van der Waals surface area (Å²) in [7, 11) is 0. The molecule has 0 N–H and O–H groups in total. The molecule has 0 spiro atoms. The van der Waals surface area contributed by atoms with E-state index in [1.54, 1.807) is 0 Å². The van der Waals surface area contributed by atoms with Crippen molar-refractivity contribution in [1.29, 1.82) is 0 Å². The molecule has 0 aromatic heterocycles. The Morgan fingerprint density at radius 2 is 1.17 bits per heavy atom. The second-order valence-electron chi connectivity index (χ2n) is 5.25. The molecule has 3 aromatic carbocycles. The lowest BCUT2D eigenvalue weighted by atomic mass is 10.2. The van der Waals surface area contributed by atoms with Gasteiger partial charge in [0.15, 0.2) is 0 Å². The number of benzene rings is 3. The molecular formula is C21H19NO. The molecule has 114 valence electrons. The van der Waals surface area contributed by atoms with Crippen molar-refractivity contribution in [3.05, 3.63) is 108 Å². The molecule has 0 aliphatic rings. The summed E-state index contributed by atoms with van der Waals surface area (Å²) in [5, 5.41) is 0. The van der Waals surface area contributed by atoms with Crippen molar-refractivity contribution in [3.8, 4) is 0 Å². The summed E-state index contributed by atoms with van der Waals surface area (Å²) in [5.41, 5.74) is 3.31. The lowest BCUT2D eigenvalue weighted by molar-refractivity contribution is 0.292. The minimum Gasteiger partial charge on any atom is -0.473 e. The fourth-order valence-electron chi connectivity index (χ4n) is 2.27. The Morgan fingerprint density at radius 3 is 1.78 bits per heavy atom. The van der Waals surface area contributed by atoms with Crippen LogP contribution in [0, 0.1) is 0 Å². The van der Waals surface area contributed by atoms with Gasteiger partial charge in [-0.15, -0.1) is 0 Å². The summed E-state index contributed by atoms with van der Waals surface area (Å²) in [6.45, 7) is 1.13. The third-order valence-corrected chi connectivity index (χ3v) is 3.49. The van der Waals surface area contributed by atoms with Gasteiger partial charge >= 0.3 is 0 Å². The molecule has 23 heavy (non-hydrogen) atoms. The molecule has 2 heteroatoms. The Labute approximate surface area is 137 Å². The fraction of sp³-hybridized carbons (Fsp3) is 0.0952. The maximum absolute atomic E-state index is 5.99. The highest BCUT2D eigenvalue weighted by molar-refractivity contribution is 5.94. The predicted octanol–water partition coefficient (Wildman–Crippen LogP) is 4.85. The van der Waals surface area contributed by atoms with E-state index in [9.17, 15) is 0 Å². The molecule has 2 nitrogen and oxygen atoms in total. The van der Waals surface area contributed by atoms with E-state index < -0.39 is 0 Å². The van der Waals surface area contributed by atoms with Crippen LogP contribution in [-0.4, -0.2) is 5.90 Å². The third-order valence-electron chi connectivity index (χ3n) is 3.49. The van der Waals surface area contributed by atoms with Crippen LogP contribution in [0.2, 0.25) is 0 Å². The van der Waals surface area contributed by atoms with E-state index >= 15 is 0 Å². The van der Waals surface area contributed by atoms with E-state index in [1.807, 2.05) is 66.7 Å². The van der Waals surface area contributed by atoms with Crippen molar-refractivity contribution in [3.63, 3.8) is 0 Å². The van der Waals surface area contributed by atoms with Crippen molar-refractivity contribution in [2.45, 2.75) is 13.2 Å². The summed E-state index contributed by atoms with van der Waals surface area (Å²) in [6.07, 6.45) is 0. The van der Waals surface area contributed by atoms with E-state index in [1.165, 1.54) is 5.56 Å². The second-order valence-corrected chi connectivity index (χ2v) is 5.25. The zero-order chi connectivity index (χ0) is 15.7. The molecule has 0 radical (unpaired) electrons. The van der Waals surface area contributed by atoms with Crippen LogP contribution in [-0.2, 0) is 17.9 Å². The highest BCUT2D eigenvalue weighted by Crippen LogP contribution is 2.09. The topological polar surface area (TPSA) is 21.6 Å². The van der Waals surface area contributed by atoms with Gasteiger partial charge in [-0.3, -0.25) is 0 Å². The number of hydrogen-bond donors (Lipinski definition) is 0. The van der Waals surface area contributed by atoms with Gasteiger partial charge in [-0.1, -0.05) is 78.9 Å². The molecule has 0 saturated carbocycles. The monoisotopic (exact) mass is 301 g/mol. The van der Waals surface area contributed by atoms with Gasteiger partial charge in [-0.25, -0.2) is 4.99 Å². The molecule has 0 aliphatic carbocycles. The van der Waals surface area contributed by atoms with E-state index in [4.69, 9.17) is 4.74 Å².